The van der Waals surface area contributed by atoms with Crippen molar-refractivity contribution in [2.45, 2.75) is 39.2 Å². The lowest BCUT2D eigenvalue weighted by atomic mass is 10.0. The molecule has 1 aromatic carbocycles. The van der Waals surface area contributed by atoms with Gasteiger partial charge in [0, 0.05) is 0 Å². The summed E-state index contributed by atoms with van der Waals surface area (Å²) in [5.74, 6) is -0.326. The summed E-state index contributed by atoms with van der Waals surface area (Å²) in [5.41, 5.74) is 8.17. The van der Waals surface area contributed by atoms with E-state index in [1.54, 1.807) is 6.92 Å². The Kier molecular flexibility index (Phi) is 8.42. The van der Waals surface area contributed by atoms with Crippen molar-refractivity contribution in [2.24, 2.45) is 5.73 Å². The van der Waals surface area contributed by atoms with Crippen LogP contribution < -0.4 is 5.73 Å². The van der Waals surface area contributed by atoms with Gasteiger partial charge in [0.05, 0.1) is 6.61 Å². The van der Waals surface area contributed by atoms with Crippen LogP contribution >= 0.6 is 12.4 Å². The van der Waals surface area contributed by atoms with E-state index in [1.165, 1.54) is 5.56 Å². The molecule has 102 valence electrons. The highest BCUT2D eigenvalue weighted by atomic mass is 35.5. The molecule has 1 aromatic rings. The SMILES string of the molecule is CCCc1cccc(CC(N)C(=O)OCC)c1.Cl. The minimum absolute atomic E-state index is 0. The maximum atomic E-state index is 11.4. The highest BCUT2D eigenvalue weighted by Gasteiger charge is 2.14. The third-order valence-corrected chi connectivity index (χ3v) is 2.58. The molecule has 0 spiro atoms. The van der Waals surface area contributed by atoms with E-state index < -0.39 is 6.04 Å². The van der Waals surface area contributed by atoms with Crippen LogP contribution in [0.2, 0.25) is 0 Å². The number of carbonyl (C=O) groups excluding carboxylic acids is 1. The lowest BCUT2D eigenvalue weighted by Gasteiger charge is -2.11. The van der Waals surface area contributed by atoms with Gasteiger partial charge in [-0.05, 0) is 30.9 Å². The van der Waals surface area contributed by atoms with Gasteiger partial charge in [0.15, 0.2) is 0 Å². The number of rotatable bonds is 6. The molecule has 0 aliphatic rings. The molecule has 0 saturated heterocycles. The van der Waals surface area contributed by atoms with Crippen molar-refractivity contribution in [1.82, 2.24) is 0 Å². The molecule has 0 saturated carbocycles. The highest BCUT2D eigenvalue weighted by molar-refractivity contribution is 5.85. The molecule has 0 aliphatic heterocycles. The Morgan fingerprint density at radius 3 is 2.61 bits per heavy atom. The number of ether oxygens (including phenoxy) is 1. The first-order valence-electron chi connectivity index (χ1n) is 6.17. The first kappa shape index (κ1) is 16.9. The van der Waals surface area contributed by atoms with Gasteiger partial charge in [-0.2, -0.15) is 0 Å². The van der Waals surface area contributed by atoms with Crippen LogP contribution in [0.5, 0.6) is 0 Å². The summed E-state index contributed by atoms with van der Waals surface area (Å²) in [5, 5.41) is 0. The Hall–Kier alpha value is -1.06. The Bertz CT molecular complexity index is 369. The van der Waals surface area contributed by atoms with Crippen molar-refractivity contribution in [3.8, 4) is 0 Å². The van der Waals surface area contributed by atoms with Gasteiger partial charge in [-0.15, -0.1) is 12.4 Å². The zero-order valence-electron chi connectivity index (χ0n) is 11.0. The van der Waals surface area contributed by atoms with Crippen LogP contribution in [0.4, 0.5) is 0 Å². The maximum absolute atomic E-state index is 11.4. The molecule has 0 heterocycles. The fraction of sp³-hybridized carbons (Fsp3) is 0.500. The van der Waals surface area contributed by atoms with Gasteiger partial charge in [-0.25, -0.2) is 0 Å². The minimum atomic E-state index is -0.563. The van der Waals surface area contributed by atoms with Gasteiger partial charge in [-0.1, -0.05) is 37.6 Å². The number of hydrogen-bond acceptors (Lipinski definition) is 3. The van der Waals surface area contributed by atoms with Crippen molar-refractivity contribution in [3.05, 3.63) is 35.4 Å². The van der Waals surface area contributed by atoms with Crippen LogP contribution in [-0.4, -0.2) is 18.6 Å². The van der Waals surface area contributed by atoms with Crippen LogP contribution in [0.25, 0.3) is 0 Å². The molecule has 0 fully saturated rings. The van der Waals surface area contributed by atoms with E-state index in [1.807, 2.05) is 12.1 Å². The van der Waals surface area contributed by atoms with E-state index in [4.69, 9.17) is 10.5 Å². The summed E-state index contributed by atoms with van der Waals surface area (Å²) < 4.78 is 4.89. The summed E-state index contributed by atoms with van der Waals surface area (Å²) in [6.07, 6.45) is 2.71. The van der Waals surface area contributed by atoms with Gasteiger partial charge in [0.25, 0.3) is 0 Å². The summed E-state index contributed by atoms with van der Waals surface area (Å²) in [4.78, 5) is 11.4. The van der Waals surface area contributed by atoms with Gasteiger partial charge < -0.3 is 10.5 Å². The van der Waals surface area contributed by atoms with Gasteiger partial charge in [0.1, 0.15) is 6.04 Å². The number of nitrogens with two attached hydrogens (primary N) is 1. The molecule has 0 bridgehead atoms. The molecule has 3 nitrogen and oxygen atoms in total. The highest BCUT2D eigenvalue weighted by Crippen LogP contribution is 2.09. The monoisotopic (exact) mass is 271 g/mol. The Balaban J connectivity index is 0.00000289. The third kappa shape index (κ3) is 5.52. The Morgan fingerprint density at radius 1 is 1.33 bits per heavy atom. The Morgan fingerprint density at radius 2 is 2.00 bits per heavy atom. The molecule has 1 atom stereocenters. The first-order chi connectivity index (χ1) is 8.17. The molecule has 0 amide bonds. The maximum Gasteiger partial charge on any atom is 0.323 e. The smallest absolute Gasteiger partial charge is 0.323 e. The van der Waals surface area contributed by atoms with Crippen LogP contribution in [0.15, 0.2) is 24.3 Å². The number of hydrogen-bond donors (Lipinski definition) is 1. The predicted octanol–water partition coefficient (Wildman–Crippen LogP) is 2.49. The molecule has 18 heavy (non-hydrogen) atoms. The molecular weight excluding hydrogens is 250 g/mol. The first-order valence-corrected chi connectivity index (χ1v) is 6.17. The van der Waals surface area contributed by atoms with Gasteiger partial charge in [0.2, 0.25) is 0 Å². The molecule has 0 aromatic heterocycles. The van der Waals surface area contributed by atoms with Crippen LogP contribution in [0, 0.1) is 0 Å². The summed E-state index contributed by atoms with van der Waals surface area (Å²) >= 11 is 0. The van der Waals surface area contributed by atoms with Crippen LogP contribution in [0.1, 0.15) is 31.4 Å². The third-order valence-electron chi connectivity index (χ3n) is 2.58. The molecule has 2 N–H and O–H groups in total. The summed E-state index contributed by atoms with van der Waals surface area (Å²) in [6, 6.07) is 7.66. The summed E-state index contributed by atoms with van der Waals surface area (Å²) in [6.45, 7) is 4.31. The standard InChI is InChI=1S/C14H21NO2.ClH/c1-3-6-11-7-5-8-12(9-11)10-13(15)14(16)17-4-2;/h5,7-9,13H,3-4,6,10,15H2,1-2H3;1H. The van der Waals surface area contributed by atoms with E-state index in [9.17, 15) is 4.79 Å². The van der Waals surface area contributed by atoms with E-state index in [-0.39, 0.29) is 18.4 Å². The molecule has 0 radical (unpaired) electrons. The van der Waals surface area contributed by atoms with Crippen molar-refractivity contribution < 1.29 is 9.53 Å². The largest absolute Gasteiger partial charge is 0.465 e. The number of esters is 1. The van der Waals surface area contributed by atoms with Gasteiger partial charge >= 0.3 is 5.97 Å². The van der Waals surface area contributed by atoms with E-state index >= 15 is 0 Å². The molecule has 1 rings (SSSR count). The van der Waals surface area contributed by atoms with Crippen molar-refractivity contribution >= 4 is 18.4 Å². The quantitative estimate of drug-likeness (QED) is 0.809. The normalized spacial score (nSPS) is 11.5. The van der Waals surface area contributed by atoms with E-state index in [0.717, 1.165) is 18.4 Å². The van der Waals surface area contributed by atoms with Crippen molar-refractivity contribution in [1.29, 1.82) is 0 Å². The van der Waals surface area contributed by atoms with Crippen molar-refractivity contribution in [2.75, 3.05) is 6.61 Å². The number of aryl methyl sites for hydroxylation is 1. The average Bonchev–Trinajstić information content (AvgIpc) is 2.30. The lowest BCUT2D eigenvalue weighted by molar-refractivity contribution is -0.144. The zero-order chi connectivity index (χ0) is 12.7. The number of carbonyl (C=O) groups is 1. The molecule has 4 heteroatoms. The second-order valence-corrected chi connectivity index (χ2v) is 4.13. The Labute approximate surface area is 115 Å². The van der Waals surface area contributed by atoms with Gasteiger partial charge in [-0.3, -0.25) is 4.79 Å². The van der Waals surface area contributed by atoms with E-state index in [2.05, 4.69) is 19.1 Å². The fourth-order valence-corrected chi connectivity index (χ4v) is 1.79. The van der Waals surface area contributed by atoms with Crippen molar-refractivity contribution in [3.63, 3.8) is 0 Å². The molecular formula is C14H22ClNO2. The molecule has 1 unspecified atom stereocenters. The van der Waals surface area contributed by atoms with E-state index in [0.29, 0.717) is 13.0 Å². The second-order valence-electron chi connectivity index (χ2n) is 4.13. The molecule has 0 aliphatic carbocycles. The number of benzene rings is 1. The topological polar surface area (TPSA) is 52.3 Å². The average molecular weight is 272 g/mol. The lowest BCUT2D eigenvalue weighted by Crippen LogP contribution is -2.34. The second kappa shape index (κ2) is 8.95. The number of halogens is 1. The fourth-order valence-electron chi connectivity index (χ4n) is 1.79. The predicted molar refractivity (Wildman–Crippen MR) is 76.0 cm³/mol. The van der Waals surface area contributed by atoms with Crippen LogP contribution in [-0.2, 0) is 22.4 Å². The minimum Gasteiger partial charge on any atom is -0.465 e. The van der Waals surface area contributed by atoms with Crippen LogP contribution in [0.3, 0.4) is 0 Å². The summed E-state index contributed by atoms with van der Waals surface area (Å²) in [7, 11) is 0. The zero-order valence-corrected chi connectivity index (χ0v) is 11.8.